The fourth-order valence-corrected chi connectivity index (χ4v) is 5.70. The number of carbonyl (C=O) groups is 4. The van der Waals surface area contributed by atoms with Gasteiger partial charge in [-0.2, -0.15) is 0 Å². The van der Waals surface area contributed by atoms with Crippen molar-refractivity contribution in [3.8, 4) is 44.8 Å². The Labute approximate surface area is 315 Å². The van der Waals surface area contributed by atoms with Crippen LogP contribution in [0.1, 0.15) is 97.1 Å². The molecule has 0 bridgehead atoms. The normalized spacial score (nSPS) is 11.4. The lowest BCUT2D eigenvalue weighted by Gasteiger charge is -2.23. The summed E-state index contributed by atoms with van der Waals surface area (Å²) in [6, 6.07) is 28.2. The van der Waals surface area contributed by atoms with Crippen LogP contribution in [0.25, 0.3) is 44.8 Å². The summed E-state index contributed by atoms with van der Waals surface area (Å²) in [7, 11) is 0. The van der Waals surface area contributed by atoms with Gasteiger partial charge >= 0.3 is 23.9 Å². The van der Waals surface area contributed by atoms with Crippen molar-refractivity contribution in [1.82, 2.24) is 9.97 Å². The van der Waals surface area contributed by atoms with Gasteiger partial charge in [-0.1, -0.05) is 78.9 Å². The minimum Gasteiger partial charge on any atom is -0.461 e. The molecule has 0 saturated heterocycles. The molecule has 5 rings (SSSR count). The molecule has 0 aliphatic heterocycles. The lowest BCUT2D eigenvalue weighted by atomic mass is 9.91. The molecule has 54 heavy (non-hydrogen) atoms. The van der Waals surface area contributed by atoms with Gasteiger partial charge in [-0.05, 0) is 84.7 Å². The van der Waals surface area contributed by atoms with Crippen LogP contribution in [0, 0.1) is 0 Å². The quantitative estimate of drug-likeness (QED) is 0.101. The number of nitrogens with zero attached hydrogens (tertiary/aromatic N) is 2. The maximum Gasteiger partial charge on any atom is 0.356 e. The first-order valence-corrected chi connectivity index (χ1v) is 17.7. The first kappa shape index (κ1) is 39.1. The third-order valence-electron chi connectivity index (χ3n) is 7.79. The largest absolute Gasteiger partial charge is 0.461 e. The summed E-state index contributed by atoms with van der Waals surface area (Å²) in [5, 5.41) is 0. The Morgan fingerprint density at radius 1 is 0.481 bits per heavy atom. The van der Waals surface area contributed by atoms with E-state index in [-0.39, 0.29) is 47.1 Å². The van der Waals surface area contributed by atoms with Gasteiger partial charge in [0.15, 0.2) is 0 Å². The Hall–Kier alpha value is -6.16. The van der Waals surface area contributed by atoms with Crippen LogP contribution >= 0.6 is 0 Å². The van der Waals surface area contributed by atoms with Crippen molar-refractivity contribution in [2.45, 2.75) is 66.6 Å². The van der Waals surface area contributed by atoms with Crippen molar-refractivity contribution in [1.29, 1.82) is 0 Å². The number of rotatable bonds is 10. The predicted octanol–water partition coefficient (Wildman–Crippen LogP) is 9.41. The van der Waals surface area contributed by atoms with E-state index in [1.807, 2.05) is 60.7 Å². The smallest absolute Gasteiger partial charge is 0.356 e. The van der Waals surface area contributed by atoms with Crippen LogP contribution < -0.4 is 0 Å². The first-order chi connectivity index (χ1) is 25.6. The van der Waals surface area contributed by atoms with E-state index >= 15 is 0 Å². The molecule has 2 aromatic heterocycles. The highest BCUT2D eigenvalue weighted by atomic mass is 16.6. The molecule has 0 atom stereocenters. The monoisotopic (exact) mass is 728 g/mol. The standard InChI is InChI=1S/C44H44N2O8/c1-9-51-39(47)33-25-31(27-18-13-11-14-19-27)35(41(49)53-43(3,4)5)37(45-33)29-22-17-23-30(24-29)38-36(42(50)54-44(6,7)8)32(28-20-15-12-16-21-28)26-34(46-38)40(48)52-10-2/h11-26H,9-10H2,1-8H3. The highest BCUT2D eigenvalue weighted by Gasteiger charge is 2.31. The van der Waals surface area contributed by atoms with E-state index in [9.17, 15) is 19.2 Å². The molecule has 3 aromatic carbocycles. The Morgan fingerprint density at radius 2 is 0.833 bits per heavy atom. The molecule has 0 amide bonds. The van der Waals surface area contributed by atoms with Crippen LogP contribution in [-0.2, 0) is 18.9 Å². The second kappa shape index (κ2) is 16.2. The molecule has 5 aromatic rings. The third-order valence-corrected chi connectivity index (χ3v) is 7.79. The van der Waals surface area contributed by atoms with Gasteiger partial charge < -0.3 is 18.9 Å². The molecule has 0 radical (unpaired) electrons. The van der Waals surface area contributed by atoms with E-state index < -0.39 is 35.1 Å². The van der Waals surface area contributed by atoms with Crippen molar-refractivity contribution in [3.05, 3.63) is 120 Å². The van der Waals surface area contributed by atoms with Crippen LogP contribution in [0.5, 0.6) is 0 Å². The molecule has 0 unspecified atom stereocenters. The van der Waals surface area contributed by atoms with Gasteiger partial charge in [0.05, 0.1) is 35.7 Å². The molecule has 0 aliphatic rings. The Balaban J connectivity index is 1.86. The van der Waals surface area contributed by atoms with Crippen LogP contribution in [-0.4, -0.2) is 58.3 Å². The minimum atomic E-state index is -0.864. The summed E-state index contributed by atoms with van der Waals surface area (Å²) in [6.45, 7) is 14.2. The highest BCUT2D eigenvalue weighted by molar-refractivity contribution is 6.07. The molecule has 10 heteroatoms. The maximum absolute atomic E-state index is 14.2. The van der Waals surface area contributed by atoms with E-state index in [0.29, 0.717) is 33.4 Å². The number of benzene rings is 3. The van der Waals surface area contributed by atoms with Gasteiger partial charge in [-0.25, -0.2) is 29.1 Å². The number of pyridine rings is 2. The summed E-state index contributed by atoms with van der Waals surface area (Å²) >= 11 is 0. The van der Waals surface area contributed by atoms with Gasteiger partial charge in [0, 0.05) is 22.3 Å². The van der Waals surface area contributed by atoms with E-state index in [4.69, 9.17) is 28.9 Å². The van der Waals surface area contributed by atoms with E-state index in [1.54, 1.807) is 79.7 Å². The Kier molecular flexibility index (Phi) is 11.7. The number of hydrogen-bond acceptors (Lipinski definition) is 10. The van der Waals surface area contributed by atoms with Gasteiger partial charge in [0.2, 0.25) is 0 Å². The van der Waals surface area contributed by atoms with Crippen LogP contribution in [0.2, 0.25) is 0 Å². The van der Waals surface area contributed by atoms with E-state index in [2.05, 4.69) is 0 Å². The molecule has 10 nitrogen and oxygen atoms in total. The summed E-state index contributed by atoms with van der Waals surface area (Å²) in [5.74, 6) is -2.67. The van der Waals surface area contributed by atoms with Crippen molar-refractivity contribution < 1.29 is 38.1 Å². The zero-order chi connectivity index (χ0) is 39.2. The average Bonchev–Trinajstić information content (AvgIpc) is 3.13. The zero-order valence-electron chi connectivity index (χ0n) is 31.8. The van der Waals surface area contributed by atoms with Gasteiger partial charge in [0.1, 0.15) is 22.6 Å². The van der Waals surface area contributed by atoms with Gasteiger partial charge in [-0.3, -0.25) is 0 Å². The number of carbonyl (C=O) groups excluding carboxylic acids is 4. The molecule has 0 N–H and O–H groups in total. The summed E-state index contributed by atoms with van der Waals surface area (Å²) in [4.78, 5) is 64.3. The summed E-state index contributed by atoms with van der Waals surface area (Å²) in [5.41, 5.74) is 1.65. The lowest BCUT2D eigenvalue weighted by molar-refractivity contribution is 0.00582. The van der Waals surface area contributed by atoms with E-state index in [0.717, 1.165) is 0 Å². The second-order valence-corrected chi connectivity index (χ2v) is 14.3. The van der Waals surface area contributed by atoms with Crippen molar-refractivity contribution >= 4 is 23.9 Å². The SMILES string of the molecule is CCOC(=O)c1cc(-c2ccccc2)c(C(=O)OC(C)(C)C)c(-c2cccc(-c3nc(C(=O)OCC)cc(-c4ccccc4)c3C(=O)OC(C)(C)C)c2)n1. The molecular formula is C44H44N2O8. The molecule has 0 aliphatic carbocycles. The van der Waals surface area contributed by atoms with Crippen LogP contribution in [0.15, 0.2) is 97.1 Å². The molecule has 0 fully saturated rings. The molecule has 0 spiro atoms. The van der Waals surface area contributed by atoms with Crippen LogP contribution in [0.4, 0.5) is 0 Å². The fraction of sp³-hybridized carbons (Fsp3) is 0.273. The lowest BCUT2D eigenvalue weighted by Crippen LogP contribution is -2.25. The number of ether oxygens (including phenoxy) is 4. The Bertz CT molecular complexity index is 2030. The summed E-state index contributed by atoms with van der Waals surface area (Å²) < 4.78 is 22.5. The third kappa shape index (κ3) is 9.25. The Morgan fingerprint density at radius 3 is 1.17 bits per heavy atom. The minimum absolute atomic E-state index is 0.0216. The predicted molar refractivity (Wildman–Crippen MR) is 206 cm³/mol. The van der Waals surface area contributed by atoms with Crippen molar-refractivity contribution in [3.63, 3.8) is 0 Å². The van der Waals surface area contributed by atoms with E-state index in [1.165, 1.54) is 12.1 Å². The maximum atomic E-state index is 14.2. The van der Waals surface area contributed by atoms with Crippen molar-refractivity contribution in [2.24, 2.45) is 0 Å². The number of aromatic nitrogens is 2. The molecule has 0 saturated carbocycles. The topological polar surface area (TPSA) is 131 Å². The summed E-state index contributed by atoms with van der Waals surface area (Å²) in [6.07, 6.45) is 0. The zero-order valence-corrected chi connectivity index (χ0v) is 31.8. The first-order valence-electron chi connectivity index (χ1n) is 17.7. The van der Waals surface area contributed by atoms with Crippen molar-refractivity contribution in [2.75, 3.05) is 13.2 Å². The van der Waals surface area contributed by atoms with Crippen LogP contribution in [0.3, 0.4) is 0 Å². The fourth-order valence-electron chi connectivity index (χ4n) is 5.70. The number of esters is 4. The molecule has 2 heterocycles. The second-order valence-electron chi connectivity index (χ2n) is 14.3. The average molecular weight is 729 g/mol. The highest BCUT2D eigenvalue weighted by Crippen LogP contribution is 2.38. The molecule has 278 valence electrons. The van der Waals surface area contributed by atoms with Gasteiger partial charge in [-0.15, -0.1) is 0 Å². The molecular weight excluding hydrogens is 684 g/mol. The number of hydrogen-bond donors (Lipinski definition) is 0. The van der Waals surface area contributed by atoms with Gasteiger partial charge in [0.25, 0.3) is 0 Å².